The van der Waals surface area contributed by atoms with Crippen LogP contribution in [0.3, 0.4) is 0 Å². The second-order valence-corrected chi connectivity index (χ2v) is 5.86. The predicted molar refractivity (Wildman–Crippen MR) is 80.0 cm³/mol. The maximum absolute atomic E-state index is 12.8. The number of fused-ring (bicyclic) bond motifs is 1. The number of nitrogens with zero attached hydrogens (tertiary/aromatic N) is 1. The standard InChI is InChI=1S/C17H18FNO4/c18-11-5-7-13(8-6-11)23-10-12(20)9-19-16(21)14-3-1-2-4-15(14)17(19)22/h1-2,5-8,12,14-15,20H,3-4,9-10H2/t12-,14-,15+/m1/s1. The van der Waals surface area contributed by atoms with Gasteiger partial charge < -0.3 is 9.84 Å². The highest BCUT2D eigenvalue weighted by Crippen LogP contribution is 2.35. The van der Waals surface area contributed by atoms with Crippen LogP contribution in [0.15, 0.2) is 36.4 Å². The van der Waals surface area contributed by atoms with Crippen molar-refractivity contribution in [1.29, 1.82) is 0 Å². The summed E-state index contributed by atoms with van der Waals surface area (Å²) in [5, 5.41) is 10.0. The van der Waals surface area contributed by atoms with Crippen LogP contribution in [0.2, 0.25) is 0 Å². The van der Waals surface area contributed by atoms with Gasteiger partial charge in [0.05, 0.1) is 18.4 Å². The van der Waals surface area contributed by atoms with Crippen LogP contribution in [0.25, 0.3) is 0 Å². The lowest BCUT2D eigenvalue weighted by molar-refractivity contribution is -0.141. The molecule has 3 atom stereocenters. The van der Waals surface area contributed by atoms with Crippen molar-refractivity contribution in [2.75, 3.05) is 13.2 Å². The summed E-state index contributed by atoms with van der Waals surface area (Å²) in [5.74, 6) is -0.976. The van der Waals surface area contributed by atoms with E-state index in [9.17, 15) is 19.1 Å². The number of carbonyl (C=O) groups is 2. The molecule has 3 rings (SSSR count). The molecule has 1 fully saturated rings. The lowest BCUT2D eigenvalue weighted by Crippen LogP contribution is -2.40. The van der Waals surface area contributed by atoms with E-state index >= 15 is 0 Å². The number of carbonyl (C=O) groups excluding carboxylic acids is 2. The van der Waals surface area contributed by atoms with Crippen LogP contribution >= 0.6 is 0 Å². The molecule has 1 aliphatic heterocycles. The summed E-state index contributed by atoms with van der Waals surface area (Å²) in [7, 11) is 0. The first-order valence-corrected chi connectivity index (χ1v) is 7.63. The topological polar surface area (TPSA) is 66.8 Å². The Balaban J connectivity index is 1.55. The Bertz CT molecular complexity index is 602. The molecule has 6 heteroatoms. The monoisotopic (exact) mass is 319 g/mol. The maximum atomic E-state index is 12.8. The van der Waals surface area contributed by atoms with E-state index in [0.717, 1.165) is 4.90 Å². The molecule has 0 aromatic heterocycles. The van der Waals surface area contributed by atoms with Crippen molar-refractivity contribution in [3.05, 3.63) is 42.2 Å². The van der Waals surface area contributed by atoms with Crippen molar-refractivity contribution >= 4 is 11.8 Å². The molecule has 1 heterocycles. The number of allylic oxidation sites excluding steroid dienone is 2. The molecule has 23 heavy (non-hydrogen) atoms. The van der Waals surface area contributed by atoms with Crippen LogP contribution in [0.5, 0.6) is 5.75 Å². The SMILES string of the molecule is O=C1[C@H]2CC=CC[C@H]2C(=O)N1C[C@@H](O)COc1ccc(F)cc1. The number of rotatable bonds is 5. The minimum absolute atomic E-state index is 0.0731. The number of hydrogen-bond donors (Lipinski definition) is 1. The first kappa shape index (κ1) is 15.7. The van der Waals surface area contributed by atoms with Crippen LogP contribution < -0.4 is 4.74 Å². The minimum Gasteiger partial charge on any atom is -0.491 e. The van der Waals surface area contributed by atoms with Gasteiger partial charge in [0.15, 0.2) is 0 Å². The average molecular weight is 319 g/mol. The lowest BCUT2D eigenvalue weighted by Gasteiger charge is -2.19. The van der Waals surface area contributed by atoms with Gasteiger partial charge in [-0.2, -0.15) is 0 Å². The Morgan fingerprint density at radius 2 is 1.70 bits per heavy atom. The molecule has 1 aliphatic carbocycles. The van der Waals surface area contributed by atoms with Crippen LogP contribution in [-0.4, -0.2) is 41.1 Å². The zero-order chi connectivity index (χ0) is 16.4. The van der Waals surface area contributed by atoms with Gasteiger partial charge in [-0.05, 0) is 37.1 Å². The second-order valence-electron chi connectivity index (χ2n) is 5.86. The molecule has 1 aromatic carbocycles. The molecule has 0 unspecified atom stereocenters. The molecule has 5 nitrogen and oxygen atoms in total. The zero-order valence-electron chi connectivity index (χ0n) is 12.5. The fourth-order valence-electron chi connectivity index (χ4n) is 3.04. The Morgan fingerprint density at radius 3 is 2.26 bits per heavy atom. The number of hydrogen-bond acceptors (Lipinski definition) is 4. The molecule has 122 valence electrons. The Kier molecular flexibility index (Phi) is 4.43. The molecule has 2 amide bonds. The van der Waals surface area contributed by atoms with E-state index in [0.29, 0.717) is 18.6 Å². The first-order chi connectivity index (χ1) is 11.1. The number of ether oxygens (including phenoxy) is 1. The molecule has 1 aromatic rings. The number of imide groups is 1. The van der Waals surface area contributed by atoms with E-state index in [1.807, 2.05) is 12.2 Å². The largest absolute Gasteiger partial charge is 0.491 e. The second kappa shape index (κ2) is 6.50. The third-order valence-electron chi connectivity index (χ3n) is 4.25. The van der Waals surface area contributed by atoms with E-state index < -0.39 is 6.10 Å². The summed E-state index contributed by atoms with van der Waals surface area (Å²) in [5.41, 5.74) is 0. The number of halogens is 1. The van der Waals surface area contributed by atoms with Gasteiger partial charge in [-0.1, -0.05) is 12.2 Å². The van der Waals surface area contributed by atoms with Crippen molar-refractivity contribution in [3.8, 4) is 5.75 Å². The van der Waals surface area contributed by atoms with Crippen molar-refractivity contribution in [2.45, 2.75) is 18.9 Å². The number of likely N-dealkylation sites (tertiary alicyclic amines) is 1. The van der Waals surface area contributed by atoms with Gasteiger partial charge in [-0.25, -0.2) is 4.39 Å². The highest BCUT2D eigenvalue weighted by atomic mass is 19.1. The van der Waals surface area contributed by atoms with E-state index in [2.05, 4.69) is 0 Å². The van der Waals surface area contributed by atoms with Gasteiger partial charge in [-0.15, -0.1) is 0 Å². The first-order valence-electron chi connectivity index (χ1n) is 7.63. The minimum atomic E-state index is -0.985. The smallest absolute Gasteiger partial charge is 0.233 e. The molecular formula is C17H18FNO4. The van der Waals surface area contributed by atoms with Crippen LogP contribution in [0.1, 0.15) is 12.8 Å². The fourth-order valence-corrected chi connectivity index (χ4v) is 3.04. The molecule has 0 spiro atoms. The van der Waals surface area contributed by atoms with Crippen LogP contribution in [0, 0.1) is 17.7 Å². The van der Waals surface area contributed by atoms with Gasteiger partial charge in [0, 0.05) is 0 Å². The number of benzene rings is 1. The quantitative estimate of drug-likeness (QED) is 0.660. The van der Waals surface area contributed by atoms with Crippen molar-refractivity contribution in [2.24, 2.45) is 11.8 Å². The molecule has 0 saturated carbocycles. The maximum Gasteiger partial charge on any atom is 0.233 e. The number of aliphatic hydroxyl groups is 1. The summed E-state index contributed by atoms with van der Waals surface area (Å²) in [6.45, 7) is -0.151. The van der Waals surface area contributed by atoms with Gasteiger partial charge in [-0.3, -0.25) is 14.5 Å². The molecule has 0 bridgehead atoms. The van der Waals surface area contributed by atoms with Gasteiger partial charge in [0.2, 0.25) is 11.8 Å². The Labute approximate surface area is 133 Å². The van der Waals surface area contributed by atoms with Gasteiger partial charge in [0.25, 0.3) is 0 Å². The Morgan fingerprint density at radius 1 is 1.13 bits per heavy atom. The molecule has 1 saturated heterocycles. The fraction of sp³-hybridized carbons (Fsp3) is 0.412. The van der Waals surface area contributed by atoms with Crippen molar-refractivity contribution < 1.29 is 23.8 Å². The van der Waals surface area contributed by atoms with E-state index in [1.165, 1.54) is 24.3 Å². The van der Waals surface area contributed by atoms with Crippen LogP contribution in [0.4, 0.5) is 4.39 Å². The summed E-state index contributed by atoms with van der Waals surface area (Å²) >= 11 is 0. The predicted octanol–water partition coefficient (Wildman–Crippen LogP) is 1.52. The number of amides is 2. The van der Waals surface area contributed by atoms with E-state index in [1.54, 1.807) is 0 Å². The summed E-state index contributed by atoms with van der Waals surface area (Å²) < 4.78 is 18.1. The van der Waals surface area contributed by atoms with Crippen LogP contribution in [-0.2, 0) is 9.59 Å². The van der Waals surface area contributed by atoms with E-state index in [4.69, 9.17) is 4.74 Å². The summed E-state index contributed by atoms with van der Waals surface area (Å²) in [6, 6.07) is 5.42. The molecule has 1 N–H and O–H groups in total. The number of aliphatic hydroxyl groups excluding tert-OH is 1. The third kappa shape index (κ3) is 3.27. The normalized spacial score (nSPS) is 24.7. The Hall–Kier alpha value is -2.21. The molecule has 2 aliphatic rings. The lowest BCUT2D eigenvalue weighted by atomic mass is 9.85. The molecule has 0 radical (unpaired) electrons. The molecular weight excluding hydrogens is 301 g/mol. The zero-order valence-corrected chi connectivity index (χ0v) is 12.5. The highest BCUT2D eigenvalue weighted by Gasteiger charge is 2.47. The summed E-state index contributed by atoms with van der Waals surface area (Å²) in [6.07, 6.45) is 4.01. The third-order valence-corrected chi connectivity index (χ3v) is 4.25. The van der Waals surface area contributed by atoms with Gasteiger partial charge in [0.1, 0.15) is 24.3 Å². The average Bonchev–Trinajstić information content (AvgIpc) is 2.80. The van der Waals surface area contributed by atoms with Crippen molar-refractivity contribution in [3.63, 3.8) is 0 Å². The van der Waals surface area contributed by atoms with Crippen molar-refractivity contribution in [1.82, 2.24) is 4.90 Å². The highest BCUT2D eigenvalue weighted by molar-refractivity contribution is 6.05. The summed E-state index contributed by atoms with van der Waals surface area (Å²) in [4.78, 5) is 25.7. The number of β-amino-alcohol motifs (C(OH)–C–C–N with tert-alkyl or cyclic N) is 1. The van der Waals surface area contributed by atoms with Gasteiger partial charge >= 0.3 is 0 Å². The van der Waals surface area contributed by atoms with E-state index in [-0.39, 0.29) is 42.6 Å².